The van der Waals surface area contributed by atoms with Crippen molar-refractivity contribution in [2.75, 3.05) is 14.1 Å². The molecule has 10 heteroatoms. The van der Waals surface area contributed by atoms with Gasteiger partial charge in [-0.15, -0.1) is 0 Å². The van der Waals surface area contributed by atoms with Crippen LogP contribution in [0.5, 0.6) is 0 Å². The topological polar surface area (TPSA) is 129 Å². The van der Waals surface area contributed by atoms with Gasteiger partial charge in [0.2, 0.25) is 0 Å². The molecule has 1 aromatic rings. The Hall–Kier alpha value is -3.50. The Morgan fingerprint density at radius 2 is 1.53 bits per heavy atom. The second kappa shape index (κ2) is 13.9. The van der Waals surface area contributed by atoms with E-state index in [0.29, 0.717) is 36.0 Å². The standard InChI is InChI=1S/C37H51NO9/c1-20-28(47-30(42)19-27(38(9)10)25-14-12-11-13-15-25)16-17-37(8)32(20)33(45-23(4)40)26-18-29(44-22(3)39)21(2)31(36(26,6)7)34(35(37)43)46-24(5)41/h11-15,26-29,32-35,43H,1,16-19H2,2-10H3/t26-,27?,28-,29-,32-,33+,34+,35-,37+/m0/s1. The minimum absolute atomic E-state index is 0.112. The van der Waals surface area contributed by atoms with Gasteiger partial charge < -0.3 is 29.0 Å². The number of aliphatic hydroxyl groups is 1. The van der Waals surface area contributed by atoms with Gasteiger partial charge in [-0.25, -0.2) is 0 Å². The summed E-state index contributed by atoms with van der Waals surface area (Å²) in [6.07, 6.45) is -3.36. The van der Waals surface area contributed by atoms with E-state index in [-0.39, 0.29) is 12.5 Å². The van der Waals surface area contributed by atoms with Crippen molar-refractivity contribution in [1.82, 2.24) is 4.90 Å². The Bertz CT molecular complexity index is 1420. The molecule has 0 radical (unpaired) electrons. The van der Waals surface area contributed by atoms with Gasteiger partial charge in [-0.2, -0.15) is 0 Å². The Balaban J connectivity index is 1.79. The second-order valence-corrected chi connectivity index (χ2v) is 14.5. The Morgan fingerprint density at radius 3 is 2.09 bits per heavy atom. The van der Waals surface area contributed by atoms with Crippen LogP contribution in [0.3, 0.4) is 0 Å². The molecule has 0 heterocycles. The van der Waals surface area contributed by atoms with Crippen molar-refractivity contribution >= 4 is 23.9 Å². The van der Waals surface area contributed by atoms with E-state index in [4.69, 9.17) is 18.9 Å². The monoisotopic (exact) mass is 653 g/mol. The Labute approximate surface area is 278 Å². The molecule has 0 amide bonds. The molecule has 258 valence electrons. The SMILES string of the molecule is C=C1[C@@H](OC(=O)CC(c2ccccc2)N(C)C)CC[C@@]2(C)[C@@H](O)[C@H](OC(C)=O)C3=C(C)[C@@H](OC(C)=O)C[C@@H]([C@@H](OC(C)=O)[C@H]12)C3(C)C. The number of ether oxygens (including phenoxy) is 4. The van der Waals surface area contributed by atoms with Crippen LogP contribution in [-0.2, 0) is 38.1 Å². The van der Waals surface area contributed by atoms with Gasteiger partial charge in [-0.1, -0.05) is 57.7 Å². The van der Waals surface area contributed by atoms with Crippen molar-refractivity contribution < 1.29 is 43.2 Å². The molecule has 0 saturated heterocycles. The number of esters is 4. The maximum absolute atomic E-state index is 13.5. The van der Waals surface area contributed by atoms with E-state index in [0.717, 1.165) is 5.56 Å². The molecule has 3 aliphatic rings. The van der Waals surface area contributed by atoms with Crippen LogP contribution < -0.4 is 0 Å². The summed E-state index contributed by atoms with van der Waals surface area (Å²) < 4.78 is 24.0. The van der Waals surface area contributed by atoms with Crippen molar-refractivity contribution in [2.45, 2.75) is 111 Å². The van der Waals surface area contributed by atoms with Crippen LogP contribution in [-0.4, -0.2) is 78.5 Å². The molecule has 1 N–H and O–H groups in total. The molecular formula is C37H51NO9. The quantitative estimate of drug-likeness (QED) is 0.230. The maximum Gasteiger partial charge on any atom is 0.308 e. The van der Waals surface area contributed by atoms with Crippen LogP contribution in [0.1, 0.15) is 85.8 Å². The van der Waals surface area contributed by atoms with Crippen LogP contribution in [0.4, 0.5) is 0 Å². The van der Waals surface area contributed by atoms with E-state index in [2.05, 4.69) is 6.58 Å². The van der Waals surface area contributed by atoms with Gasteiger partial charge in [0, 0.05) is 44.1 Å². The Morgan fingerprint density at radius 1 is 0.936 bits per heavy atom. The molecule has 9 atom stereocenters. The predicted octanol–water partition coefficient (Wildman–Crippen LogP) is 5.10. The highest BCUT2D eigenvalue weighted by Crippen LogP contribution is 2.60. The largest absolute Gasteiger partial charge is 0.462 e. The third-order valence-corrected chi connectivity index (χ3v) is 10.8. The fourth-order valence-electron chi connectivity index (χ4n) is 8.53. The minimum Gasteiger partial charge on any atom is -0.462 e. The van der Waals surface area contributed by atoms with E-state index in [1.54, 1.807) is 0 Å². The van der Waals surface area contributed by atoms with E-state index in [1.165, 1.54) is 20.8 Å². The summed E-state index contributed by atoms with van der Waals surface area (Å²) in [7, 11) is 3.82. The summed E-state index contributed by atoms with van der Waals surface area (Å²) in [5.41, 5.74) is 1.09. The molecule has 3 aliphatic carbocycles. The molecule has 0 aliphatic heterocycles. The van der Waals surface area contributed by atoms with Crippen LogP contribution in [0.25, 0.3) is 0 Å². The summed E-state index contributed by atoms with van der Waals surface area (Å²) in [5.74, 6) is -3.09. The average Bonchev–Trinajstić information content (AvgIpc) is 2.96. The van der Waals surface area contributed by atoms with Crippen LogP contribution in [0, 0.1) is 22.7 Å². The normalized spacial score (nSPS) is 32.3. The van der Waals surface area contributed by atoms with E-state index >= 15 is 0 Å². The number of fused-ring (bicyclic) bond motifs is 3. The summed E-state index contributed by atoms with van der Waals surface area (Å²) >= 11 is 0. The number of hydrogen-bond acceptors (Lipinski definition) is 10. The molecule has 1 aromatic carbocycles. The van der Waals surface area contributed by atoms with E-state index < -0.39 is 77.1 Å². The summed E-state index contributed by atoms with van der Waals surface area (Å²) in [5, 5.41) is 12.3. The molecule has 2 bridgehead atoms. The third-order valence-electron chi connectivity index (χ3n) is 10.8. The van der Waals surface area contributed by atoms with Crippen molar-refractivity contribution in [3.8, 4) is 0 Å². The smallest absolute Gasteiger partial charge is 0.308 e. The number of rotatable bonds is 8. The lowest BCUT2D eigenvalue weighted by molar-refractivity contribution is -0.194. The fraction of sp³-hybridized carbons (Fsp3) is 0.622. The summed E-state index contributed by atoms with van der Waals surface area (Å²) in [6.45, 7) is 16.1. The first-order valence-corrected chi connectivity index (χ1v) is 16.4. The van der Waals surface area contributed by atoms with Crippen molar-refractivity contribution in [3.05, 3.63) is 59.2 Å². The zero-order valence-electron chi connectivity index (χ0n) is 29.2. The number of aliphatic hydroxyl groups excluding tert-OH is 1. The zero-order chi connectivity index (χ0) is 35.0. The third kappa shape index (κ3) is 7.18. The van der Waals surface area contributed by atoms with Crippen LogP contribution in [0.2, 0.25) is 0 Å². The highest BCUT2D eigenvalue weighted by atomic mass is 16.6. The average molecular weight is 654 g/mol. The first-order valence-electron chi connectivity index (χ1n) is 16.4. The fourth-order valence-corrected chi connectivity index (χ4v) is 8.53. The van der Waals surface area contributed by atoms with Gasteiger partial charge in [-0.3, -0.25) is 19.2 Å². The van der Waals surface area contributed by atoms with Gasteiger partial charge in [0.05, 0.1) is 6.42 Å². The van der Waals surface area contributed by atoms with Gasteiger partial charge in [-0.05, 0) is 68.0 Å². The van der Waals surface area contributed by atoms with Crippen LogP contribution in [0.15, 0.2) is 53.6 Å². The molecule has 2 fully saturated rings. The zero-order valence-corrected chi connectivity index (χ0v) is 29.2. The highest BCUT2D eigenvalue weighted by Gasteiger charge is 2.63. The van der Waals surface area contributed by atoms with Crippen molar-refractivity contribution in [3.63, 3.8) is 0 Å². The lowest BCUT2D eigenvalue weighted by atomic mass is 9.49. The highest BCUT2D eigenvalue weighted by molar-refractivity contribution is 5.71. The molecule has 0 spiro atoms. The van der Waals surface area contributed by atoms with Gasteiger partial charge in [0.15, 0.2) is 6.10 Å². The number of nitrogens with zero attached hydrogens (tertiary/aromatic N) is 1. The molecule has 2 saturated carbocycles. The summed E-state index contributed by atoms with van der Waals surface area (Å²) in [4.78, 5) is 53.1. The number of hydrogen-bond donors (Lipinski definition) is 1. The molecular weight excluding hydrogens is 602 g/mol. The predicted molar refractivity (Wildman–Crippen MR) is 175 cm³/mol. The minimum atomic E-state index is -1.25. The van der Waals surface area contributed by atoms with Gasteiger partial charge in [0.25, 0.3) is 0 Å². The number of carbonyl (C=O) groups is 4. The van der Waals surface area contributed by atoms with E-state index in [1.807, 2.05) is 77.0 Å². The lowest BCUT2D eigenvalue weighted by Gasteiger charge is -2.59. The maximum atomic E-state index is 13.5. The molecule has 10 nitrogen and oxygen atoms in total. The Kier molecular flexibility index (Phi) is 10.8. The van der Waals surface area contributed by atoms with Crippen molar-refractivity contribution in [1.29, 1.82) is 0 Å². The van der Waals surface area contributed by atoms with E-state index in [9.17, 15) is 24.3 Å². The van der Waals surface area contributed by atoms with Crippen molar-refractivity contribution in [2.24, 2.45) is 22.7 Å². The van der Waals surface area contributed by atoms with Crippen LogP contribution >= 0.6 is 0 Å². The number of carbonyl (C=O) groups excluding carboxylic acids is 4. The van der Waals surface area contributed by atoms with Gasteiger partial charge >= 0.3 is 23.9 Å². The first kappa shape index (κ1) is 36.3. The molecule has 0 aromatic heterocycles. The molecule has 4 rings (SSSR count). The van der Waals surface area contributed by atoms with Gasteiger partial charge in [0.1, 0.15) is 24.4 Å². The number of benzene rings is 1. The molecule has 47 heavy (non-hydrogen) atoms. The second-order valence-electron chi connectivity index (χ2n) is 14.5. The first-order chi connectivity index (χ1) is 21.9. The molecule has 1 unspecified atom stereocenters. The summed E-state index contributed by atoms with van der Waals surface area (Å²) in [6, 6.07) is 9.53. The lowest BCUT2D eigenvalue weighted by Crippen LogP contribution is -2.63.